The molecule has 5 heteroatoms. The molecule has 0 spiro atoms. The average Bonchev–Trinajstić information content (AvgIpc) is 2.87. The molecular formula is C16H15N3OS. The van der Waals surface area contributed by atoms with Crippen LogP contribution in [0, 0.1) is 0 Å². The van der Waals surface area contributed by atoms with Crippen molar-refractivity contribution in [2.24, 2.45) is 0 Å². The number of nitrogens with two attached hydrogens (primary N) is 1. The Morgan fingerprint density at radius 2 is 2.05 bits per heavy atom. The van der Waals surface area contributed by atoms with E-state index in [0.29, 0.717) is 18.0 Å². The molecule has 106 valence electrons. The minimum Gasteiger partial charge on any atom is -0.399 e. The molecule has 0 atom stereocenters. The highest BCUT2D eigenvalue weighted by atomic mass is 32.1. The number of hydrogen-bond acceptors (Lipinski definition) is 4. The highest BCUT2D eigenvalue weighted by molar-refractivity contribution is 7.22. The Morgan fingerprint density at radius 1 is 1.19 bits per heavy atom. The van der Waals surface area contributed by atoms with Gasteiger partial charge in [-0.25, -0.2) is 4.98 Å². The summed E-state index contributed by atoms with van der Waals surface area (Å²) in [6, 6.07) is 15.4. The molecule has 0 bridgehead atoms. The van der Waals surface area contributed by atoms with E-state index >= 15 is 0 Å². The molecule has 0 aliphatic rings. The van der Waals surface area contributed by atoms with Crippen LogP contribution in [0.25, 0.3) is 10.2 Å². The first kappa shape index (κ1) is 13.6. The first-order valence-corrected chi connectivity index (χ1v) is 7.52. The highest BCUT2D eigenvalue weighted by Crippen LogP contribution is 2.25. The minimum atomic E-state index is -0.0310. The van der Waals surface area contributed by atoms with Crippen LogP contribution in [0.4, 0.5) is 10.8 Å². The molecule has 4 nitrogen and oxygen atoms in total. The summed E-state index contributed by atoms with van der Waals surface area (Å²) in [5, 5.41) is 3.50. The van der Waals surface area contributed by atoms with E-state index in [1.165, 1.54) is 11.3 Å². The monoisotopic (exact) mass is 297 g/mol. The van der Waals surface area contributed by atoms with Crippen LogP contribution in [0.15, 0.2) is 48.5 Å². The van der Waals surface area contributed by atoms with E-state index in [1.807, 2.05) is 48.5 Å². The van der Waals surface area contributed by atoms with Crippen LogP contribution in [0.2, 0.25) is 0 Å². The summed E-state index contributed by atoms with van der Waals surface area (Å²) in [5.74, 6) is -0.0310. The van der Waals surface area contributed by atoms with Gasteiger partial charge < -0.3 is 11.1 Å². The number of thiazole rings is 1. The van der Waals surface area contributed by atoms with Crippen molar-refractivity contribution < 1.29 is 4.79 Å². The van der Waals surface area contributed by atoms with Crippen LogP contribution in [0.3, 0.4) is 0 Å². The topological polar surface area (TPSA) is 68.0 Å². The zero-order valence-electron chi connectivity index (χ0n) is 11.4. The molecule has 21 heavy (non-hydrogen) atoms. The van der Waals surface area contributed by atoms with E-state index in [9.17, 15) is 4.79 Å². The Labute approximate surface area is 126 Å². The van der Waals surface area contributed by atoms with Crippen molar-refractivity contribution in [3.05, 3.63) is 54.1 Å². The summed E-state index contributed by atoms with van der Waals surface area (Å²) in [6.07, 6.45) is 1.08. The molecule has 0 fully saturated rings. The summed E-state index contributed by atoms with van der Waals surface area (Å²) in [4.78, 5) is 16.4. The molecule has 1 aromatic heterocycles. The number of benzene rings is 2. The van der Waals surface area contributed by atoms with Crippen molar-refractivity contribution in [1.82, 2.24) is 4.98 Å². The van der Waals surface area contributed by atoms with Gasteiger partial charge in [-0.05, 0) is 36.2 Å². The van der Waals surface area contributed by atoms with Crippen molar-refractivity contribution in [2.75, 3.05) is 11.1 Å². The lowest BCUT2D eigenvalue weighted by Crippen LogP contribution is -2.12. The second-order valence-corrected chi connectivity index (χ2v) is 5.81. The predicted molar refractivity (Wildman–Crippen MR) is 87.4 cm³/mol. The number of amides is 1. The highest BCUT2D eigenvalue weighted by Gasteiger charge is 2.07. The normalized spacial score (nSPS) is 10.7. The number of carbonyl (C=O) groups is 1. The maximum atomic E-state index is 12.0. The number of anilines is 2. The van der Waals surface area contributed by atoms with Gasteiger partial charge in [0, 0.05) is 12.1 Å². The van der Waals surface area contributed by atoms with Crippen molar-refractivity contribution in [2.45, 2.75) is 12.8 Å². The summed E-state index contributed by atoms with van der Waals surface area (Å²) >= 11 is 1.49. The van der Waals surface area contributed by atoms with Crippen molar-refractivity contribution in [3.63, 3.8) is 0 Å². The van der Waals surface area contributed by atoms with E-state index < -0.39 is 0 Å². The van der Waals surface area contributed by atoms with Gasteiger partial charge in [0.05, 0.1) is 10.2 Å². The third-order valence-corrected chi connectivity index (χ3v) is 4.08. The van der Waals surface area contributed by atoms with Crippen molar-refractivity contribution in [1.29, 1.82) is 0 Å². The fraction of sp³-hybridized carbons (Fsp3) is 0.125. The van der Waals surface area contributed by atoms with Gasteiger partial charge >= 0.3 is 0 Å². The molecule has 1 heterocycles. The zero-order valence-corrected chi connectivity index (χ0v) is 12.2. The Kier molecular flexibility index (Phi) is 3.83. The van der Waals surface area contributed by atoms with E-state index in [1.54, 1.807) is 0 Å². The molecule has 2 aromatic carbocycles. The lowest BCUT2D eigenvalue weighted by atomic mass is 10.1. The molecule has 1 amide bonds. The third-order valence-electron chi connectivity index (χ3n) is 3.13. The lowest BCUT2D eigenvalue weighted by molar-refractivity contribution is -0.116. The van der Waals surface area contributed by atoms with Crippen LogP contribution >= 0.6 is 11.3 Å². The Morgan fingerprint density at radius 3 is 2.86 bits per heavy atom. The van der Waals surface area contributed by atoms with E-state index in [-0.39, 0.29) is 5.91 Å². The summed E-state index contributed by atoms with van der Waals surface area (Å²) in [5.41, 5.74) is 8.42. The molecule has 0 aliphatic heterocycles. The van der Waals surface area contributed by atoms with Crippen LogP contribution in [-0.4, -0.2) is 10.9 Å². The van der Waals surface area contributed by atoms with Crippen molar-refractivity contribution in [3.8, 4) is 0 Å². The van der Waals surface area contributed by atoms with Crippen LogP contribution < -0.4 is 11.1 Å². The molecule has 0 aliphatic carbocycles. The van der Waals surface area contributed by atoms with Gasteiger partial charge in [0.1, 0.15) is 0 Å². The number of carbonyl (C=O) groups excluding carboxylic acids is 1. The Bertz CT molecular complexity index is 749. The number of para-hydroxylation sites is 1. The SMILES string of the molecule is Nc1cccc(CCC(=O)Nc2nc3ccccc3s2)c1. The van der Waals surface area contributed by atoms with Gasteiger partial charge in [0.25, 0.3) is 0 Å². The summed E-state index contributed by atoms with van der Waals surface area (Å²) < 4.78 is 1.07. The maximum absolute atomic E-state index is 12.0. The number of nitrogen functional groups attached to an aromatic ring is 1. The van der Waals surface area contributed by atoms with E-state index in [4.69, 9.17) is 5.73 Å². The number of aromatic nitrogens is 1. The van der Waals surface area contributed by atoms with E-state index in [0.717, 1.165) is 21.5 Å². The number of hydrogen-bond donors (Lipinski definition) is 2. The fourth-order valence-corrected chi connectivity index (χ4v) is 3.00. The van der Waals surface area contributed by atoms with Crippen LogP contribution in [0.5, 0.6) is 0 Å². The quantitative estimate of drug-likeness (QED) is 0.725. The lowest BCUT2D eigenvalue weighted by Gasteiger charge is -2.03. The maximum Gasteiger partial charge on any atom is 0.226 e. The molecule has 3 rings (SSSR count). The summed E-state index contributed by atoms with van der Waals surface area (Å²) in [6.45, 7) is 0. The van der Waals surface area contributed by atoms with Crippen LogP contribution in [0.1, 0.15) is 12.0 Å². The van der Waals surface area contributed by atoms with Gasteiger partial charge in [0.15, 0.2) is 5.13 Å². The Hall–Kier alpha value is -2.40. The van der Waals surface area contributed by atoms with Gasteiger partial charge in [-0.2, -0.15) is 0 Å². The number of nitrogens with one attached hydrogen (secondary N) is 1. The minimum absolute atomic E-state index is 0.0310. The fourth-order valence-electron chi connectivity index (χ4n) is 2.11. The second-order valence-electron chi connectivity index (χ2n) is 4.78. The molecule has 0 radical (unpaired) electrons. The van der Waals surface area contributed by atoms with Gasteiger partial charge in [-0.3, -0.25) is 4.79 Å². The third kappa shape index (κ3) is 3.38. The van der Waals surface area contributed by atoms with Gasteiger partial charge in [0.2, 0.25) is 5.91 Å². The first-order valence-electron chi connectivity index (χ1n) is 6.70. The second kappa shape index (κ2) is 5.93. The first-order chi connectivity index (χ1) is 10.2. The van der Waals surface area contributed by atoms with Gasteiger partial charge in [-0.15, -0.1) is 0 Å². The number of nitrogens with zero attached hydrogens (tertiary/aromatic N) is 1. The van der Waals surface area contributed by atoms with Gasteiger partial charge in [-0.1, -0.05) is 35.6 Å². The smallest absolute Gasteiger partial charge is 0.226 e. The molecule has 0 saturated heterocycles. The average molecular weight is 297 g/mol. The standard InChI is InChI=1S/C16H15N3OS/c17-12-5-3-4-11(10-12)8-9-15(20)19-16-18-13-6-1-2-7-14(13)21-16/h1-7,10H,8-9,17H2,(H,18,19,20). The van der Waals surface area contributed by atoms with Crippen LogP contribution in [-0.2, 0) is 11.2 Å². The Balaban J connectivity index is 1.61. The molecular weight excluding hydrogens is 282 g/mol. The predicted octanol–water partition coefficient (Wildman–Crippen LogP) is 3.45. The molecule has 0 unspecified atom stereocenters. The molecule has 3 aromatic rings. The zero-order chi connectivity index (χ0) is 14.7. The van der Waals surface area contributed by atoms with E-state index in [2.05, 4.69) is 10.3 Å². The molecule has 0 saturated carbocycles. The number of rotatable bonds is 4. The largest absolute Gasteiger partial charge is 0.399 e. The number of aryl methyl sites for hydroxylation is 1. The molecule has 3 N–H and O–H groups in total. The van der Waals surface area contributed by atoms with Crippen molar-refractivity contribution >= 4 is 38.3 Å². The number of fused-ring (bicyclic) bond motifs is 1. The summed E-state index contributed by atoms with van der Waals surface area (Å²) in [7, 11) is 0.